The Morgan fingerprint density at radius 2 is 0.561 bits per heavy atom. The summed E-state index contributed by atoms with van der Waals surface area (Å²) in [5, 5.41) is 9.68. The van der Waals surface area contributed by atoms with E-state index in [1.807, 2.05) is 0 Å². The number of hydrogen-bond acceptors (Lipinski definition) is 0. The van der Waals surface area contributed by atoms with Crippen LogP contribution in [0.2, 0.25) is 0 Å². The van der Waals surface area contributed by atoms with Gasteiger partial charge in [0.05, 0.1) is 0 Å². The largest absolute Gasteiger partial charge is 0.311 e. The highest BCUT2D eigenvalue weighted by Gasteiger charge is 2.40. The third kappa shape index (κ3) is 5.98. The molecule has 0 N–H and O–H groups in total. The molecule has 0 bridgehead atoms. The van der Waals surface area contributed by atoms with Crippen molar-refractivity contribution < 1.29 is 0 Å². The molecule has 0 unspecified atom stereocenters. The maximum atomic E-state index is 7.76. The lowest BCUT2D eigenvalue weighted by atomic mass is 10.3. The topological polar surface area (TPSA) is 0 Å². The first-order valence-electron chi connectivity index (χ1n) is 13.5. The fraction of sp³-hybridized carbons (Fsp3) is 0. The third-order valence-electron chi connectivity index (χ3n) is 7.02. The van der Waals surface area contributed by atoms with Gasteiger partial charge in [-0.2, -0.15) is 0 Å². The Morgan fingerprint density at radius 3 is 0.854 bits per heavy atom. The summed E-state index contributed by atoms with van der Waals surface area (Å²) in [7, 11) is -1.73. The summed E-state index contributed by atoms with van der Waals surface area (Å²) in [6.07, 6.45) is 0. The summed E-state index contributed by atoms with van der Waals surface area (Å²) in [6.45, 7) is -3.22. The lowest BCUT2D eigenvalue weighted by Crippen LogP contribution is -2.59. The summed E-state index contributed by atoms with van der Waals surface area (Å²) in [4.78, 5) is 0. The van der Waals surface area contributed by atoms with Crippen molar-refractivity contribution in [1.82, 2.24) is 0 Å². The Bertz CT molecular complexity index is 1510. The molecule has 0 radical (unpaired) electrons. The molecule has 0 spiro atoms. The molecule has 0 nitrogen and oxygen atoms in total. The van der Waals surface area contributed by atoms with Crippen LogP contribution in [0.3, 0.4) is 0 Å². The van der Waals surface area contributed by atoms with Gasteiger partial charge in [0.1, 0.15) is 0 Å². The SMILES string of the molecule is Cl[Si](Cl)(c1ccccc1P(c1ccccc1)c1ccccc1)c1ccccc1P(c1ccccc1)c1ccccc1. The molecule has 0 saturated carbocycles. The van der Waals surface area contributed by atoms with Gasteiger partial charge in [0.25, 0.3) is 0 Å². The first-order valence-corrected chi connectivity index (χ1v) is 20.2. The van der Waals surface area contributed by atoms with Gasteiger partial charge in [-0.15, -0.1) is 22.2 Å². The minimum Gasteiger partial charge on any atom is -0.134 e. The maximum absolute atomic E-state index is 7.76. The van der Waals surface area contributed by atoms with Crippen LogP contribution in [0.15, 0.2) is 170 Å². The summed E-state index contributed by atoms with van der Waals surface area (Å²) in [5.74, 6) is 0. The zero-order chi connectivity index (χ0) is 28.1. The average molecular weight is 622 g/mol. The molecule has 0 aliphatic rings. The van der Waals surface area contributed by atoms with Crippen molar-refractivity contribution in [2.45, 2.75) is 0 Å². The smallest absolute Gasteiger partial charge is 0.134 e. The molecule has 0 heterocycles. The van der Waals surface area contributed by atoms with Crippen molar-refractivity contribution >= 4 is 86.9 Å². The van der Waals surface area contributed by atoms with Crippen LogP contribution in [-0.4, -0.2) is 6.69 Å². The number of hydrogen-bond donors (Lipinski definition) is 0. The van der Waals surface area contributed by atoms with Crippen LogP contribution >= 0.6 is 38.0 Å². The first kappa shape index (κ1) is 28.1. The van der Waals surface area contributed by atoms with Gasteiger partial charge >= 0.3 is 6.69 Å². The number of rotatable bonds is 8. The number of halogens is 2. The van der Waals surface area contributed by atoms with Crippen LogP contribution in [0.1, 0.15) is 0 Å². The van der Waals surface area contributed by atoms with Crippen molar-refractivity contribution in [1.29, 1.82) is 0 Å². The molecule has 5 heteroatoms. The van der Waals surface area contributed by atoms with E-state index in [0.717, 1.165) is 10.4 Å². The fourth-order valence-electron chi connectivity index (χ4n) is 5.18. The second-order valence-corrected chi connectivity index (χ2v) is 20.2. The lowest BCUT2D eigenvalue weighted by molar-refractivity contribution is 1.74. The molecule has 41 heavy (non-hydrogen) atoms. The monoisotopic (exact) mass is 620 g/mol. The molecule has 0 aliphatic carbocycles. The average Bonchev–Trinajstić information content (AvgIpc) is 3.04. The van der Waals surface area contributed by atoms with E-state index in [1.54, 1.807) is 0 Å². The van der Waals surface area contributed by atoms with Crippen molar-refractivity contribution in [3.8, 4) is 0 Å². The molecule has 0 fully saturated rings. The molecule has 6 aromatic rings. The van der Waals surface area contributed by atoms with Gasteiger partial charge in [-0.05, 0) is 58.0 Å². The van der Waals surface area contributed by atoms with E-state index in [2.05, 4.69) is 170 Å². The molecular formula is C36H28Cl2P2Si. The van der Waals surface area contributed by atoms with Crippen molar-refractivity contribution in [2.75, 3.05) is 0 Å². The molecule has 0 atom stereocenters. The summed E-state index contributed by atoms with van der Waals surface area (Å²) in [5.41, 5.74) is 0. The molecular weight excluding hydrogens is 593 g/mol. The normalized spacial score (nSPS) is 11.6. The first-order chi connectivity index (χ1) is 20.1. The Kier molecular flexibility index (Phi) is 8.83. The van der Waals surface area contributed by atoms with Crippen LogP contribution < -0.4 is 42.2 Å². The Balaban J connectivity index is 1.55. The standard InChI is InChI=1S/C36H28Cl2P2Si/c37-41(38,35-27-15-13-25-33(35)39(29-17-5-1-6-18-29)30-19-7-2-8-20-30)36-28-16-14-26-34(36)40(31-21-9-3-10-22-31)32-23-11-4-12-24-32/h1-28H. The second-order valence-electron chi connectivity index (χ2n) is 9.62. The van der Waals surface area contributed by atoms with Crippen LogP contribution in [0, 0.1) is 0 Å². The molecule has 200 valence electrons. The van der Waals surface area contributed by atoms with Crippen LogP contribution in [0.4, 0.5) is 0 Å². The zero-order valence-electron chi connectivity index (χ0n) is 22.3. The van der Waals surface area contributed by atoms with Gasteiger partial charge in [-0.25, -0.2) is 0 Å². The maximum Gasteiger partial charge on any atom is 0.311 e. The van der Waals surface area contributed by atoms with Gasteiger partial charge < -0.3 is 0 Å². The van der Waals surface area contributed by atoms with Gasteiger partial charge in [0, 0.05) is 0 Å². The minimum absolute atomic E-state index is 0.863. The Hall–Kier alpha value is -3.02. The van der Waals surface area contributed by atoms with Gasteiger partial charge in [-0.1, -0.05) is 170 Å². The molecule has 6 rings (SSSR count). The highest BCUT2D eigenvalue weighted by molar-refractivity contribution is 7.82. The van der Waals surface area contributed by atoms with E-state index in [0.29, 0.717) is 0 Å². The lowest BCUT2D eigenvalue weighted by Gasteiger charge is -2.30. The fourth-order valence-corrected chi connectivity index (χ4v) is 16.0. The predicted octanol–water partition coefficient (Wildman–Crippen LogP) is 6.24. The summed E-state index contributed by atoms with van der Waals surface area (Å²) < 4.78 is 0. The van der Waals surface area contributed by atoms with Crippen LogP contribution in [0.25, 0.3) is 0 Å². The van der Waals surface area contributed by atoms with Crippen LogP contribution in [-0.2, 0) is 0 Å². The highest BCUT2D eigenvalue weighted by atomic mass is 35.7. The van der Waals surface area contributed by atoms with Crippen molar-refractivity contribution in [3.63, 3.8) is 0 Å². The van der Waals surface area contributed by atoms with E-state index in [9.17, 15) is 0 Å². The second kappa shape index (κ2) is 12.9. The molecule has 0 aromatic heterocycles. The molecule has 0 saturated heterocycles. The van der Waals surface area contributed by atoms with E-state index in [-0.39, 0.29) is 0 Å². The van der Waals surface area contributed by atoms with E-state index in [4.69, 9.17) is 22.2 Å². The van der Waals surface area contributed by atoms with E-state index >= 15 is 0 Å². The Labute approximate surface area is 255 Å². The summed E-state index contributed by atoms with van der Waals surface area (Å²) in [6, 6.07) is 60.1. The molecule has 0 aliphatic heterocycles. The van der Waals surface area contributed by atoms with Gasteiger partial charge in [0.15, 0.2) is 0 Å². The summed E-state index contributed by atoms with van der Waals surface area (Å²) >= 11 is 15.5. The van der Waals surface area contributed by atoms with E-state index < -0.39 is 22.5 Å². The highest BCUT2D eigenvalue weighted by Crippen LogP contribution is 2.36. The predicted molar refractivity (Wildman–Crippen MR) is 187 cm³/mol. The zero-order valence-corrected chi connectivity index (χ0v) is 26.6. The minimum atomic E-state index is -3.22. The van der Waals surface area contributed by atoms with Crippen molar-refractivity contribution in [3.05, 3.63) is 170 Å². The third-order valence-corrected chi connectivity index (χ3v) is 17.1. The molecule has 0 amide bonds. The number of benzene rings is 6. The van der Waals surface area contributed by atoms with Crippen LogP contribution in [0.5, 0.6) is 0 Å². The van der Waals surface area contributed by atoms with Crippen molar-refractivity contribution in [2.24, 2.45) is 0 Å². The quantitative estimate of drug-likeness (QED) is 0.107. The van der Waals surface area contributed by atoms with Gasteiger partial charge in [0.2, 0.25) is 0 Å². The van der Waals surface area contributed by atoms with Gasteiger partial charge in [-0.3, -0.25) is 0 Å². The molecule has 6 aromatic carbocycles. The Morgan fingerprint density at radius 1 is 0.317 bits per heavy atom. The van der Waals surface area contributed by atoms with E-state index in [1.165, 1.54) is 31.8 Å².